The molecule has 1 aromatic carbocycles. The van der Waals surface area contributed by atoms with E-state index >= 15 is 0 Å². The summed E-state index contributed by atoms with van der Waals surface area (Å²) >= 11 is 1.32. The van der Waals surface area contributed by atoms with E-state index in [0.717, 1.165) is 11.2 Å². The van der Waals surface area contributed by atoms with E-state index < -0.39 is 9.84 Å². The molecule has 0 spiro atoms. The first-order chi connectivity index (χ1) is 8.47. The quantitative estimate of drug-likeness (QED) is 0.860. The second-order valence-electron chi connectivity index (χ2n) is 3.59. The van der Waals surface area contributed by atoms with Crippen molar-refractivity contribution >= 4 is 27.4 Å². The topological polar surface area (TPSA) is 85.9 Å². The first-order valence-electron chi connectivity index (χ1n) is 5.02. The van der Waals surface area contributed by atoms with Crippen molar-refractivity contribution < 1.29 is 8.42 Å². The van der Waals surface area contributed by atoms with Crippen LogP contribution in [0.3, 0.4) is 0 Å². The zero-order valence-electron chi connectivity index (χ0n) is 9.57. The molecule has 0 aliphatic rings. The third kappa shape index (κ3) is 2.99. The van der Waals surface area contributed by atoms with Crippen molar-refractivity contribution in [2.75, 3.05) is 12.0 Å². The standard InChI is InChI=1S/C11H11N3O2S2/c1-18(15,16)9-7-13-11(14-10(9)12)17-8-5-3-2-4-6-8/h2-7H,1H3,(H2,12,13,14). The lowest BCUT2D eigenvalue weighted by Crippen LogP contribution is -2.06. The summed E-state index contributed by atoms with van der Waals surface area (Å²) in [6.45, 7) is 0. The Labute approximate surface area is 109 Å². The fraction of sp³-hybridized carbons (Fsp3) is 0.0909. The highest BCUT2D eigenvalue weighted by atomic mass is 32.2. The smallest absolute Gasteiger partial charge is 0.194 e. The van der Waals surface area contributed by atoms with Crippen molar-refractivity contribution in [3.8, 4) is 0 Å². The van der Waals surface area contributed by atoms with Crippen LogP contribution in [-0.4, -0.2) is 24.6 Å². The Balaban J connectivity index is 2.30. The van der Waals surface area contributed by atoms with Crippen LogP contribution in [0.1, 0.15) is 0 Å². The van der Waals surface area contributed by atoms with Gasteiger partial charge in [-0.1, -0.05) is 18.2 Å². The molecule has 0 aliphatic heterocycles. The third-order valence-corrected chi connectivity index (χ3v) is 4.11. The molecule has 0 saturated heterocycles. The Hall–Kier alpha value is -1.60. The SMILES string of the molecule is CS(=O)(=O)c1cnc(Sc2ccccc2)nc1N. The molecule has 1 aromatic heterocycles. The highest BCUT2D eigenvalue weighted by molar-refractivity contribution is 7.99. The number of nitrogen functional groups attached to an aromatic ring is 1. The van der Waals surface area contributed by atoms with Crippen molar-refractivity contribution in [2.24, 2.45) is 0 Å². The van der Waals surface area contributed by atoms with Crippen LogP contribution < -0.4 is 5.73 Å². The van der Waals surface area contributed by atoms with Gasteiger partial charge in [0, 0.05) is 11.2 Å². The van der Waals surface area contributed by atoms with Crippen LogP contribution in [0, 0.1) is 0 Å². The second kappa shape index (κ2) is 4.95. The summed E-state index contributed by atoms with van der Waals surface area (Å²) in [6.07, 6.45) is 2.31. The summed E-state index contributed by atoms with van der Waals surface area (Å²) in [7, 11) is -3.38. The molecule has 0 saturated carbocycles. The van der Waals surface area contributed by atoms with Gasteiger partial charge in [-0.25, -0.2) is 18.4 Å². The van der Waals surface area contributed by atoms with Crippen LogP contribution in [0.2, 0.25) is 0 Å². The van der Waals surface area contributed by atoms with Gasteiger partial charge in [-0.05, 0) is 23.9 Å². The maximum Gasteiger partial charge on any atom is 0.194 e. The summed E-state index contributed by atoms with van der Waals surface area (Å²) in [4.78, 5) is 8.90. The molecule has 0 bridgehead atoms. The first kappa shape index (κ1) is 12.8. The van der Waals surface area contributed by atoms with Gasteiger partial charge in [0.15, 0.2) is 15.0 Å². The van der Waals surface area contributed by atoms with Crippen LogP contribution in [0.4, 0.5) is 5.82 Å². The summed E-state index contributed by atoms with van der Waals surface area (Å²) in [5.41, 5.74) is 5.62. The molecule has 0 atom stereocenters. The molecular weight excluding hydrogens is 270 g/mol. The Morgan fingerprint density at radius 2 is 1.89 bits per heavy atom. The molecule has 5 nitrogen and oxygen atoms in total. The number of hydrogen-bond acceptors (Lipinski definition) is 6. The highest BCUT2D eigenvalue weighted by Gasteiger charge is 2.14. The molecule has 0 radical (unpaired) electrons. The number of anilines is 1. The average molecular weight is 281 g/mol. The molecule has 7 heteroatoms. The molecule has 0 unspecified atom stereocenters. The van der Waals surface area contributed by atoms with Crippen molar-refractivity contribution in [1.82, 2.24) is 9.97 Å². The highest BCUT2D eigenvalue weighted by Crippen LogP contribution is 2.26. The number of aromatic nitrogens is 2. The predicted molar refractivity (Wildman–Crippen MR) is 70.1 cm³/mol. The monoisotopic (exact) mass is 281 g/mol. The van der Waals surface area contributed by atoms with Crippen LogP contribution in [-0.2, 0) is 9.84 Å². The molecule has 0 amide bonds. The molecule has 2 aromatic rings. The van der Waals surface area contributed by atoms with Gasteiger partial charge in [-0.2, -0.15) is 0 Å². The number of nitrogens with two attached hydrogens (primary N) is 1. The third-order valence-electron chi connectivity index (χ3n) is 2.11. The predicted octanol–water partition coefficient (Wildman–Crippen LogP) is 1.61. The summed E-state index contributed by atoms with van der Waals surface area (Å²) in [5.74, 6) is -0.0223. The van der Waals surface area contributed by atoms with Crippen molar-refractivity contribution in [3.05, 3.63) is 36.5 Å². The summed E-state index contributed by atoms with van der Waals surface area (Å²) in [6, 6.07) is 9.53. The second-order valence-corrected chi connectivity index (χ2v) is 6.61. The van der Waals surface area contributed by atoms with E-state index in [9.17, 15) is 8.42 Å². The minimum absolute atomic E-state index is 0.0223. The van der Waals surface area contributed by atoms with Crippen LogP contribution in [0.5, 0.6) is 0 Å². The number of nitrogens with zero attached hydrogens (tertiary/aromatic N) is 2. The van der Waals surface area contributed by atoms with Crippen LogP contribution >= 0.6 is 11.8 Å². The minimum atomic E-state index is -3.38. The van der Waals surface area contributed by atoms with Gasteiger partial charge in [-0.3, -0.25) is 0 Å². The molecule has 18 heavy (non-hydrogen) atoms. The largest absolute Gasteiger partial charge is 0.382 e. The van der Waals surface area contributed by atoms with E-state index in [1.54, 1.807) is 0 Å². The van der Waals surface area contributed by atoms with Gasteiger partial charge in [0.1, 0.15) is 10.7 Å². The van der Waals surface area contributed by atoms with E-state index in [1.165, 1.54) is 18.0 Å². The Morgan fingerprint density at radius 3 is 2.44 bits per heavy atom. The molecule has 2 rings (SSSR count). The Morgan fingerprint density at radius 1 is 1.22 bits per heavy atom. The Bertz CT molecular complexity index is 657. The molecule has 2 N–H and O–H groups in total. The fourth-order valence-electron chi connectivity index (χ4n) is 1.30. The van der Waals surface area contributed by atoms with E-state index in [0.29, 0.717) is 5.16 Å². The lowest BCUT2D eigenvalue weighted by molar-refractivity contribution is 0.601. The lowest BCUT2D eigenvalue weighted by atomic mass is 10.4. The van der Waals surface area contributed by atoms with E-state index in [2.05, 4.69) is 9.97 Å². The summed E-state index contributed by atoms with van der Waals surface area (Å²) in [5, 5.41) is 0.422. The minimum Gasteiger partial charge on any atom is -0.382 e. The first-order valence-corrected chi connectivity index (χ1v) is 7.73. The van der Waals surface area contributed by atoms with Gasteiger partial charge in [0.2, 0.25) is 0 Å². The van der Waals surface area contributed by atoms with Crippen molar-refractivity contribution in [2.45, 2.75) is 14.9 Å². The number of benzene rings is 1. The van der Waals surface area contributed by atoms with Gasteiger partial charge >= 0.3 is 0 Å². The average Bonchev–Trinajstić information content (AvgIpc) is 2.28. The molecule has 0 aliphatic carbocycles. The van der Waals surface area contributed by atoms with Gasteiger partial charge in [0.25, 0.3) is 0 Å². The molecular formula is C11H11N3O2S2. The van der Waals surface area contributed by atoms with Crippen LogP contribution in [0.25, 0.3) is 0 Å². The van der Waals surface area contributed by atoms with E-state index in [4.69, 9.17) is 5.73 Å². The number of hydrogen-bond donors (Lipinski definition) is 1. The number of sulfone groups is 1. The molecule has 0 fully saturated rings. The molecule has 1 heterocycles. The Kier molecular flexibility index (Phi) is 3.53. The number of rotatable bonds is 3. The maximum absolute atomic E-state index is 11.4. The van der Waals surface area contributed by atoms with Gasteiger partial charge in [-0.15, -0.1) is 0 Å². The molecule has 94 valence electrons. The maximum atomic E-state index is 11.4. The van der Waals surface area contributed by atoms with Crippen LogP contribution in [0.15, 0.2) is 51.5 Å². The van der Waals surface area contributed by atoms with Crippen molar-refractivity contribution in [3.63, 3.8) is 0 Å². The fourth-order valence-corrected chi connectivity index (χ4v) is 2.72. The zero-order valence-corrected chi connectivity index (χ0v) is 11.2. The van der Waals surface area contributed by atoms with E-state index in [1.807, 2.05) is 30.3 Å². The van der Waals surface area contributed by atoms with E-state index in [-0.39, 0.29) is 10.7 Å². The summed E-state index contributed by atoms with van der Waals surface area (Å²) < 4.78 is 22.7. The van der Waals surface area contributed by atoms with Gasteiger partial charge in [0.05, 0.1) is 6.20 Å². The lowest BCUT2D eigenvalue weighted by Gasteiger charge is -2.04. The normalized spacial score (nSPS) is 11.4. The zero-order chi connectivity index (χ0) is 13.2. The van der Waals surface area contributed by atoms with Crippen molar-refractivity contribution in [1.29, 1.82) is 0 Å². The van der Waals surface area contributed by atoms with Gasteiger partial charge < -0.3 is 5.73 Å².